The summed E-state index contributed by atoms with van der Waals surface area (Å²) >= 11 is 0. The fraction of sp³-hybridized carbons (Fsp3) is 0.667. The van der Waals surface area contributed by atoms with E-state index in [2.05, 4.69) is 6.92 Å². The topological polar surface area (TPSA) is 55.5 Å². The van der Waals surface area contributed by atoms with Gasteiger partial charge in [0.2, 0.25) is 0 Å². The quantitative estimate of drug-likeness (QED) is 0.806. The molecule has 2 atom stereocenters. The lowest BCUT2D eigenvalue weighted by Crippen LogP contribution is -2.21. The van der Waals surface area contributed by atoms with Gasteiger partial charge in [0.05, 0.1) is 12.7 Å². The molecule has 1 aliphatic carbocycles. The summed E-state index contributed by atoms with van der Waals surface area (Å²) in [4.78, 5) is 0. The monoisotopic (exact) mass is 291 g/mol. The van der Waals surface area contributed by atoms with Gasteiger partial charge in [-0.25, -0.2) is 0 Å². The normalized spacial score (nSPS) is 19.2. The molecule has 0 radical (unpaired) electrons. The lowest BCUT2D eigenvalue weighted by Gasteiger charge is -2.23. The second kappa shape index (κ2) is 8.40. The standard InChI is InChI=1S/C18H29NO2/c1-2-15(12-19)18(20)16-9-6-10-17(11-16)21-13-14-7-4-3-5-8-14/h6,9-11,14-15,18,20H,2-5,7-8,12-13,19H2,1H3/t15-,18-/m1/s1. The van der Waals surface area contributed by atoms with Crippen molar-refractivity contribution in [3.8, 4) is 5.75 Å². The van der Waals surface area contributed by atoms with E-state index in [1.807, 2.05) is 24.3 Å². The number of aliphatic hydroxyl groups is 1. The van der Waals surface area contributed by atoms with E-state index >= 15 is 0 Å². The molecule has 0 bridgehead atoms. The summed E-state index contributed by atoms with van der Waals surface area (Å²) in [5.74, 6) is 1.67. The van der Waals surface area contributed by atoms with Gasteiger partial charge in [0.15, 0.2) is 0 Å². The molecule has 3 N–H and O–H groups in total. The Hall–Kier alpha value is -1.06. The Morgan fingerprint density at radius 1 is 1.29 bits per heavy atom. The van der Waals surface area contributed by atoms with E-state index in [-0.39, 0.29) is 5.92 Å². The molecule has 1 fully saturated rings. The summed E-state index contributed by atoms with van der Waals surface area (Å²) in [6.45, 7) is 3.36. The summed E-state index contributed by atoms with van der Waals surface area (Å²) in [5.41, 5.74) is 6.64. The summed E-state index contributed by atoms with van der Waals surface area (Å²) in [7, 11) is 0. The first-order valence-corrected chi connectivity index (χ1v) is 8.35. The number of nitrogens with two attached hydrogens (primary N) is 1. The van der Waals surface area contributed by atoms with Crippen molar-refractivity contribution in [1.82, 2.24) is 0 Å². The zero-order valence-electron chi connectivity index (χ0n) is 13.1. The van der Waals surface area contributed by atoms with Gasteiger partial charge in [0, 0.05) is 5.92 Å². The van der Waals surface area contributed by atoms with E-state index in [4.69, 9.17) is 10.5 Å². The maximum absolute atomic E-state index is 10.4. The van der Waals surface area contributed by atoms with Crippen molar-refractivity contribution in [1.29, 1.82) is 0 Å². The molecular weight excluding hydrogens is 262 g/mol. The van der Waals surface area contributed by atoms with Gasteiger partial charge >= 0.3 is 0 Å². The molecule has 0 unspecified atom stereocenters. The highest BCUT2D eigenvalue weighted by Gasteiger charge is 2.19. The molecular formula is C18H29NO2. The van der Waals surface area contributed by atoms with Crippen LogP contribution in [-0.2, 0) is 0 Å². The third kappa shape index (κ3) is 4.72. The molecule has 0 aromatic heterocycles. The van der Waals surface area contributed by atoms with Crippen molar-refractivity contribution >= 4 is 0 Å². The SMILES string of the molecule is CC[C@H](CN)[C@@H](O)c1cccc(OCC2CCCCC2)c1. The van der Waals surface area contributed by atoms with Crippen LogP contribution < -0.4 is 10.5 Å². The molecule has 3 heteroatoms. The summed E-state index contributed by atoms with van der Waals surface area (Å²) < 4.78 is 5.94. The fourth-order valence-corrected chi connectivity index (χ4v) is 3.15. The van der Waals surface area contributed by atoms with Gasteiger partial charge in [-0.05, 0) is 49.4 Å². The minimum atomic E-state index is -0.502. The van der Waals surface area contributed by atoms with E-state index < -0.39 is 6.10 Å². The van der Waals surface area contributed by atoms with Crippen LogP contribution in [0.2, 0.25) is 0 Å². The van der Waals surface area contributed by atoms with E-state index in [9.17, 15) is 5.11 Å². The van der Waals surface area contributed by atoms with Crippen LogP contribution in [0, 0.1) is 11.8 Å². The van der Waals surface area contributed by atoms with Crippen molar-refractivity contribution < 1.29 is 9.84 Å². The van der Waals surface area contributed by atoms with Gasteiger partial charge in [-0.2, -0.15) is 0 Å². The Kier molecular flexibility index (Phi) is 6.52. The Morgan fingerprint density at radius 2 is 2.05 bits per heavy atom. The Bertz CT molecular complexity index is 411. The largest absolute Gasteiger partial charge is 0.493 e. The first-order chi connectivity index (χ1) is 10.2. The van der Waals surface area contributed by atoms with Crippen LogP contribution in [0.5, 0.6) is 5.75 Å². The number of aliphatic hydroxyl groups excluding tert-OH is 1. The number of hydrogen-bond acceptors (Lipinski definition) is 3. The van der Waals surface area contributed by atoms with E-state index in [1.165, 1.54) is 32.1 Å². The zero-order valence-corrected chi connectivity index (χ0v) is 13.1. The predicted molar refractivity (Wildman–Crippen MR) is 86.3 cm³/mol. The van der Waals surface area contributed by atoms with Gasteiger partial charge in [-0.15, -0.1) is 0 Å². The van der Waals surface area contributed by atoms with Crippen molar-refractivity contribution in [3.05, 3.63) is 29.8 Å². The molecule has 2 rings (SSSR count). The third-order valence-corrected chi connectivity index (χ3v) is 4.68. The highest BCUT2D eigenvalue weighted by Crippen LogP contribution is 2.28. The van der Waals surface area contributed by atoms with Crippen LogP contribution in [-0.4, -0.2) is 18.3 Å². The molecule has 1 aliphatic rings. The average molecular weight is 291 g/mol. The smallest absolute Gasteiger partial charge is 0.119 e. The molecule has 1 aromatic carbocycles. The summed E-state index contributed by atoms with van der Waals surface area (Å²) in [5, 5.41) is 10.4. The van der Waals surface area contributed by atoms with E-state index in [0.29, 0.717) is 12.5 Å². The molecule has 1 aromatic rings. The fourth-order valence-electron chi connectivity index (χ4n) is 3.15. The highest BCUT2D eigenvalue weighted by atomic mass is 16.5. The molecule has 0 saturated heterocycles. The molecule has 118 valence electrons. The van der Waals surface area contributed by atoms with Crippen LogP contribution in [0.25, 0.3) is 0 Å². The molecule has 0 spiro atoms. The minimum absolute atomic E-state index is 0.110. The Balaban J connectivity index is 1.93. The van der Waals surface area contributed by atoms with E-state index in [0.717, 1.165) is 24.3 Å². The zero-order chi connectivity index (χ0) is 15.1. The molecule has 3 nitrogen and oxygen atoms in total. The summed E-state index contributed by atoms with van der Waals surface area (Å²) in [6, 6.07) is 7.85. The Labute approximate surface area is 128 Å². The molecule has 1 saturated carbocycles. The van der Waals surface area contributed by atoms with Gasteiger partial charge < -0.3 is 15.6 Å². The second-order valence-corrected chi connectivity index (χ2v) is 6.24. The number of ether oxygens (including phenoxy) is 1. The van der Waals surface area contributed by atoms with Crippen molar-refractivity contribution in [2.24, 2.45) is 17.6 Å². The maximum Gasteiger partial charge on any atom is 0.119 e. The average Bonchev–Trinajstić information content (AvgIpc) is 2.55. The van der Waals surface area contributed by atoms with Crippen LogP contribution in [0.1, 0.15) is 57.1 Å². The minimum Gasteiger partial charge on any atom is -0.493 e. The first kappa shape index (κ1) is 16.3. The Morgan fingerprint density at radius 3 is 2.71 bits per heavy atom. The van der Waals surface area contributed by atoms with Crippen LogP contribution in [0.4, 0.5) is 0 Å². The molecule has 0 heterocycles. The van der Waals surface area contributed by atoms with Gasteiger partial charge in [0.25, 0.3) is 0 Å². The van der Waals surface area contributed by atoms with Crippen molar-refractivity contribution in [3.63, 3.8) is 0 Å². The van der Waals surface area contributed by atoms with Gasteiger partial charge in [0.1, 0.15) is 5.75 Å². The van der Waals surface area contributed by atoms with Crippen molar-refractivity contribution in [2.75, 3.05) is 13.2 Å². The summed E-state index contributed by atoms with van der Waals surface area (Å²) in [6.07, 6.45) is 6.99. The number of benzene rings is 1. The predicted octanol–water partition coefficient (Wildman–Crippen LogP) is 3.66. The lowest BCUT2D eigenvalue weighted by molar-refractivity contribution is 0.109. The van der Waals surface area contributed by atoms with Crippen LogP contribution >= 0.6 is 0 Å². The third-order valence-electron chi connectivity index (χ3n) is 4.68. The number of hydrogen-bond donors (Lipinski definition) is 2. The van der Waals surface area contributed by atoms with Gasteiger partial charge in [-0.3, -0.25) is 0 Å². The highest BCUT2D eigenvalue weighted by molar-refractivity contribution is 5.30. The maximum atomic E-state index is 10.4. The second-order valence-electron chi connectivity index (χ2n) is 6.24. The van der Waals surface area contributed by atoms with Crippen molar-refractivity contribution in [2.45, 2.75) is 51.6 Å². The lowest BCUT2D eigenvalue weighted by atomic mass is 9.90. The van der Waals surface area contributed by atoms with E-state index in [1.54, 1.807) is 0 Å². The van der Waals surface area contributed by atoms with Crippen LogP contribution in [0.15, 0.2) is 24.3 Å². The number of rotatable bonds is 7. The van der Waals surface area contributed by atoms with Gasteiger partial charge in [-0.1, -0.05) is 38.3 Å². The molecule has 21 heavy (non-hydrogen) atoms. The molecule has 0 amide bonds. The molecule has 0 aliphatic heterocycles. The van der Waals surface area contributed by atoms with Crippen LogP contribution in [0.3, 0.4) is 0 Å². The first-order valence-electron chi connectivity index (χ1n) is 8.35.